The lowest BCUT2D eigenvalue weighted by Gasteiger charge is -2.23. The SMILES string of the molecule is Cc1ccc2c(c1)C(=O)C(=Nc1ccc(C(=O)O)cc1)C(O)O2. The second kappa shape index (κ2) is 5.66. The Hall–Kier alpha value is -2.99. The maximum absolute atomic E-state index is 12.5. The van der Waals surface area contributed by atoms with Crippen LogP contribution in [0.4, 0.5) is 5.69 Å². The van der Waals surface area contributed by atoms with Crippen LogP contribution in [0.15, 0.2) is 47.5 Å². The third kappa shape index (κ3) is 2.84. The van der Waals surface area contributed by atoms with Gasteiger partial charge < -0.3 is 14.9 Å². The van der Waals surface area contributed by atoms with Gasteiger partial charge in [-0.15, -0.1) is 0 Å². The van der Waals surface area contributed by atoms with Gasteiger partial charge in [-0.05, 0) is 43.3 Å². The number of Topliss-reactive ketones (excluding diaryl/α,β-unsaturated/α-hetero) is 1. The highest BCUT2D eigenvalue weighted by molar-refractivity contribution is 6.48. The number of aromatic carboxylic acids is 1. The standard InChI is InChI=1S/C17H13NO5/c1-9-2-7-13-12(8-9)15(19)14(17(22)23-13)18-11-5-3-10(4-6-11)16(20)21/h2-8,17,22H,1H3,(H,20,21). The molecule has 1 unspecified atom stereocenters. The number of rotatable bonds is 2. The molecule has 6 heteroatoms. The van der Waals surface area contributed by atoms with Crippen LogP contribution in [0, 0.1) is 6.92 Å². The van der Waals surface area contributed by atoms with Gasteiger partial charge in [-0.3, -0.25) is 4.79 Å². The van der Waals surface area contributed by atoms with Gasteiger partial charge in [0.25, 0.3) is 0 Å². The molecule has 0 radical (unpaired) electrons. The lowest BCUT2D eigenvalue weighted by Crippen LogP contribution is -2.38. The number of hydrogen-bond donors (Lipinski definition) is 2. The predicted octanol–water partition coefficient (Wildman–Crippen LogP) is 2.36. The minimum absolute atomic E-state index is 0.113. The summed E-state index contributed by atoms with van der Waals surface area (Å²) in [6, 6.07) is 10.8. The Balaban J connectivity index is 1.98. The second-order valence-electron chi connectivity index (χ2n) is 5.15. The number of carboxylic acid groups (broad SMARTS) is 1. The van der Waals surface area contributed by atoms with Crippen LogP contribution in [0.25, 0.3) is 0 Å². The van der Waals surface area contributed by atoms with E-state index in [-0.39, 0.29) is 11.3 Å². The fourth-order valence-electron chi connectivity index (χ4n) is 2.27. The molecule has 0 saturated heterocycles. The van der Waals surface area contributed by atoms with Gasteiger partial charge in [-0.2, -0.15) is 0 Å². The number of aryl methyl sites for hydroxylation is 1. The lowest BCUT2D eigenvalue weighted by molar-refractivity contribution is 0.0348. The van der Waals surface area contributed by atoms with E-state index in [1.165, 1.54) is 24.3 Å². The molecule has 1 heterocycles. The van der Waals surface area contributed by atoms with Crippen molar-refractivity contribution in [2.24, 2.45) is 4.99 Å². The number of fused-ring (bicyclic) bond motifs is 1. The number of nitrogens with zero attached hydrogens (tertiary/aromatic N) is 1. The van der Waals surface area contributed by atoms with Crippen LogP contribution in [0.3, 0.4) is 0 Å². The average Bonchev–Trinajstić information content (AvgIpc) is 2.53. The topological polar surface area (TPSA) is 96.2 Å². The molecule has 3 rings (SSSR count). The Labute approximate surface area is 131 Å². The first-order chi connectivity index (χ1) is 11.0. The quantitative estimate of drug-likeness (QED) is 0.887. The number of ether oxygens (including phenoxy) is 1. The predicted molar refractivity (Wildman–Crippen MR) is 82.6 cm³/mol. The van der Waals surface area contributed by atoms with E-state index in [0.717, 1.165) is 5.56 Å². The van der Waals surface area contributed by atoms with Gasteiger partial charge in [-0.25, -0.2) is 9.79 Å². The molecular formula is C17H13NO5. The molecule has 0 fully saturated rings. The highest BCUT2D eigenvalue weighted by atomic mass is 16.6. The largest absolute Gasteiger partial charge is 0.478 e. The van der Waals surface area contributed by atoms with E-state index in [4.69, 9.17) is 9.84 Å². The van der Waals surface area contributed by atoms with E-state index < -0.39 is 18.0 Å². The molecular weight excluding hydrogens is 298 g/mol. The van der Waals surface area contributed by atoms with Gasteiger partial charge >= 0.3 is 5.97 Å². The Kier molecular flexibility index (Phi) is 3.67. The van der Waals surface area contributed by atoms with Crippen molar-refractivity contribution in [1.29, 1.82) is 0 Å². The molecule has 1 aliphatic heterocycles. The molecule has 0 bridgehead atoms. The molecule has 6 nitrogen and oxygen atoms in total. The first kappa shape index (κ1) is 14.9. The summed E-state index contributed by atoms with van der Waals surface area (Å²) in [6.45, 7) is 1.85. The fourth-order valence-corrected chi connectivity index (χ4v) is 2.27. The third-order valence-corrected chi connectivity index (χ3v) is 3.45. The molecule has 1 aliphatic rings. The molecule has 116 valence electrons. The minimum Gasteiger partial charge on any atom is -0.478 e. The molecule has 23 heavy (non-hydrogen) atoms. The highest BCUT2D eigenvalue weighted by Gasteiger charge is 2.32. The molecule has 0 spiro atoms. The summed E-state index contributed by atoms with van der Waals surface area (Å²) in [6.07, 6.45) is -1.46. The Morgan fingerprint density at radius 3 is 2.52 bits per heavy atom. The molecule has 2 aromatic rings. The van der Waals surface area contributed by atoms with Crippen molar-refractivity contribution in [3.05, 3.63) is 59.2 Å². The molecule has 0 saturated carbocycles. The van der Waals surface area contributed by atoms with Crippen LogP contribution in [0.2, 0.25) is 0 Å². The average molecular weight is 311 g/mol. The number of hydrogen-bond acceptors (Lipinski definition) is 5. The van der Waals surface area contributed by atoms with Crippen LogP contribution in [-0.4, -0.2) is 34.0 Å². The van der Waals surface area contributed by atoms with Crippen molar-refractivity contribution >= 4 is 23.2 Å². The molecule has 1 atom stereocenters. The first-order valence-electron chi connectivity index (χ1n) is 6.88. The maximum atomic E-state index is 12.5. The maximum Gasteiger partial charge on any atom is 0.335 e. The summed E-state index contributed by atoms with van der Waals surface area (Å²) in [7, 11) is 0. The van der Waals surface area contributed by atoms with Crippen LogP contribution < -0.4 is 4.74 Å². The number of carbonyl (C=O) groups is 2. The molecule has 0 amide bonds. The van der Waals surface area contributed by atoms with Gasteiger partial charge in [0.05, 0.1) is 16.8 Å². The summed E-state index contributed by atoms with van der Waals surface area (Å²) in [5, 5.41) is 18.9. The van der Waals surface area contributed by atoms with Crippen molar-refractivity contribution in [1.82, 2.24) is 0 Å². The smallest absolute Gasteiger partial charge is 0.335 e. The van der Waals surface area contributed by atoms with Crippen LogP contribution in [0.5, 0.6) is 5.75 Å². The lowest BCUT2D eigenvalue weighted by atomic mass is 10.0. The number of carboxylic acids is 1. The monoisotopic (exact) mass is 311 g/mol. The number of aliphatic imine (C=N–C) groups is 1. The van der Waals surface area contributed by atoms with Crippen molar-refractivity contribution in [3.63, 3.8) is 0 Å². The van der Waals surface area contributed by atoms with Gasteiger partial charge in [-0.1, -0.05) is 11.6 Å². The summed E-state index contributed by atoms with van der Waals surface area (Å²) < 4.78 is 5.31. The zero-order valence-corrected chi connectivity index (χ0v) is 12.2. The van der Waals surface area contributed by atoms with Crippen LogP contribution in [-0.2, 0) is 0 Å². The summed E-state index contributed by atoms with van der Waals surface area (Å²) in [5.41, 5.74) is 1.57. The zero-order valence-electron chi connectivity index (χ0n) is 12.2. The number of benzene rings is 2. The van der Waals surface area contributed by atoms with Gasteiger partial charge in [0.1, 0.15) is 5.75 Å². The molecule has 0 aliphatic carbocycles. The summed E-state index contributed by atoms with van der Waals surface area (Å²) >= 11 is 0. The normalized spacial score (nSPS) is 18.4. The fraction of sp³-hybridized carbons (Fsp3) is 0.118. The number of carbonyl (C=O) groups excluding carboxylic acids is 1. The van der Waals surface area contributed by atoms with Crippen LogP contribution in [0.1, 0.15) is 26.3 Å². The summed E-state index contributed by atoms with van der Waals surface area (Å²) in [4.78, 5) is 27.4. The van der Waals surface area contributed by atoms with E-state index >= 15 is 0 Å². The van der Waals surface area contributed by atoms with E-state index in [9.17, 15) is 14.7 Å². The highest BCUT2D eigenvalue weighted by Crippen LogP contribution is 2.28. The zero-order chi connectivity index (χ0) is 16.6. The molecule has 2 aromatic carbocycles. The van der Waals surface area contributed by atoms with E-state index in [2.05, 4.69) is 4.99 Å². The minimum atomic E-state index is -1.46. The molecule has 2 N–H and O–H groups in total. The second-order valence-corrected chi connectivity index (χ2v) is 5.15. The Bertz CT molecular complexity index is 823. The van der Waals surface area contributed by atoms with Crippen molar-refractivity contribution < 1.29 is 24.5 Å². The van der Waals surface area contributed by atoms with Crippen molar-refractivity contribution in [2.45, 2.75) is 13.2 Å². The van der Waals surface area contributed by atoms with Gasteiger partial charge in [0, 0.05) is 0 Å². The van der Waals surface area contributed by atoms with E-state index in [0.29, 0.717) is 17.0 Å². The summed E-state index contributed by atoms with van der Waals surface area (Å²) in [5.74, 6) is -1.15. The Morgan fingerprint density at radius 1 is 1.17 bits per heavy atom. The van der Waals surface area contributed by atoms with Gasteiger partial charge in [0.2, 0.25) is 12.1 Å². The van der Waals surface area contributed by atoms with Crippen molar-refractivity contribution in [2.75, 3.05) is 0 Å². The third-order valence-electron chi connectivity index (χ3n) is 3.45. The number of ketones is 1. The Morgan fingerprint density at radius 2 is 1.87 bits per heavy atom. The number of aliphatic hydroxyl groups excluding tert-OH is 1. The number of aliphatic hydroxyl groups is 1. The molecule has 0 aromatic heterocycles. The van der Waals surface area contributed by atoms with Crippen LogP contribution >= 0.6 is 0 Å². The van der Waals surface area contributed by atoms with Crippen molar-refractivity contribution in [3.8, 4) is 5.75 Å². The van der Waals surface area contributed by atoms with E-state index in [1.807, 2.05) is 6.92 Å². The van der Waals surface area contributed by atoms with E-state index in [1.54, 1.807) is 18.2 Å². The first-order valence-corrected chi connectivity index (χ1v) is 6.88. The van der Waals surface area contributed by atoms with Gasteiger partial charge in [0.15, 0.2) is 5.71 Å².